The maximum absolute atomic E-state index is 12.3. The van der Waals surface area contributed by atoms with Gasteiger partial charge in [0.1, 0.15) is 24.8 Å². The summed E-state index contributed by atoms with van der Waals surface area (Å²) in [5, 5.41) is 0. The molecule has 1 unspecified atom stereocenters. The zero-order valence-electron chi connectivity index (χ0n) is 17.3. The molecule has 1 aromatic rings. The van der Waals surface area contributed by atoms with Gasteiger partial charge in [0.05, 0.1) is 17.7 Å². The molecule has 0 amide bonds. The van der Waals surface area contributed by atoms with Gasteiger partial charge in [0.25, 0.3) is 0 Å². The van der Waals surface area contributed by atoms with Gasteiger partial charge in [-0.3, -0.25) is 14.2 Å². The summed E-state index contributed by atoms with van der Waals surface area (Å²) >= 11 is 6.24. The quantitative estimate of drug-likeness (QED) is 0.513. The highest BCUT2D eigenvalue weighted by atomic mass is 35.5. The van der Waals surface area contributed by atoms with Crippen LogP contribution in [0.4, 0.5) is 5.82 Å². The molecule has 0 bridgehead atoms. The summed E-state index contributed by atoms with van der Waals surface area (Å²) in [6, 6.07) is 1.46. The zero-order valence-corrected chi connectivity index (χ0v) is 18.0. The number of rotatable bonds is 7. The van der Waals surface area contributed by atoms with Crippen LogP contribution in [-0.2, 0) is 23.8 Å². The molecule has 2 rings (SSSR count). The fourth-order valence-electron chi connectivity index (χ4n) is 3.07. The summed E-state index contributed by atoms with van der Waals surface area (Å²) in [6.07, 6.45) is -0.223. The lowest BCUT2D eigenvalue weighted by atomic mass is 9.92. The van der Waals surface area contributed by atoms with Crippen molar-refractivity contribution in [3.05, 3.63) is 22.7 Å². The Kier molecular flexibility index (Phi) is 7.29. The van der Waals surface area contributed by atoms with Gasteiger partial charge >= 0.3 is 17.6 Å². The second kappa shape index (κ2) is 9.13. The molecule has 2 N–H and O–H groups in total. The first kappa shape index (κ1) is 23.2. The molecular formula is C19H28ClN3O6. The average molecular weight is 430 g/mol. The number of nitrogen functional groups attached to an aromatic ring is 1. The Morgan fingerprint density at radius 2 is 1.93 bits per heavy atom. The first-order valence-corrected chi connectivity index (χ1v) is 10.0. The normalized spacial score (nSPS) is 26.7. The van der Waals surface area contributed by atoms with Crippen molar-refractivity contribution < 1.29 is 23.8 Å². The van der Waals surface area contributed by atoms with Gasteiger partial charge in [-0.15, -0.1) is 11.6 Å². The van der Waals surface area contributed by atoms with Crippen molar-refractivity contribution in [2.75, 3.05) is 18.2 Å². The Morgan fingerprint density at radius 1 is 1.31 bits per heavy atom. The van der Waals surface area contributed by atoms with E-state index in [0.29, 0.717) is 0 Å². The Labute approximate surface area is 174 Å². The van der Waals surface area contributed by atoms with Crippen molar-refractivity contribution in [3.63, 3.8) is 0 Å². The monoisotopic (exact) mass is 429 g/mol. The van der Waals surface area contributed by atoms with Gasteiger partial charge in [-0.05, 0) is 6.07 Å². The molecule has 1 aliphatic heterocycles. The predicted molar refractivity (Wildman–Crippen MR) is 106 cm³/mol. The van der Waals surface area contributed by atoms with E-state index in [0.717, 1.165) is 0 Å². The van der Waals surface area contributed by atoms with E-state index in [-0.39, 0.29) is 30.1 Å². The molecule has 29 heavy (non-hydrogen) atoms. The summed E-state index contributed by atoms with van der Waals surface area (Å²) in [4.78, 5) is 40.4. The van der Waals surface area contributed by atoms with E-state index in [9.17, 15) is 14.4 Å². The van der Waals surface area contributed by atoms with E-state index >= 15 is 0 Å². The third-order valence-corrected chi connectivity index (χ3v) is 5.25. The molecule has 1 fully saturated rings. The summed E-state index contributed by atoms with van der Waals surface area (Å²) in [6.45, 7) is 8.36. The number of nitrogens with two attached hydrogens (primary N) is 1. The van der Waals surface area contributed by atoms with E-state index in [4.69, 9.17) is 31.5 Å². The number of nitrogens with zero attached hydrogens (tertiary/aromatic N) is 2. The number of esters is 2. The molecular weight excluding hydrogens is 402 g/mol. The van der Waals surface area contributed by atoms with Crippen LogP contribution in [0.3, 0.4) is 0 Å². The third-order valence-electron chi connectivity index (χ3n) is 4.80. The van der Waals surface area contributed by atoms with Crippen molar-refractivity contribution in [2.24, 2.45) is 17.8 Å². The molecule has 2 heterocycles. The molecule has 0 radical (unpaired) electrons. The smallest absolute Gasteiger partial charge is 0.351 e. The maximum atomic E-state index is 12.3. The third kappa shape index (κ3) is 4.90. The highest BCUT2D eigenvalue weighted by Gasteiger charge is 2.57. The highest BCUT2D eigenvalue weighted by molar-refractivity contribution is 6.18. The lowest BCUT2D eigenvalue weighted by Gasteiger charge is -2.32. The molecule has 1 saturated heterocycles. The van der Waals surface area contributed by atoms with E-state index in [1.165, 1.54) is 16.8 Å². The van der Waals surface area contributed by atoms with Crippen molar-refractivity contribution in [3.8, 4) is 0 Å². The Hall–Kier alpha value is -2.13. The van der Waals surface area contributed by atoms with Crippen molar-refractivity contribution >= 4 is 29.4 Å². The summed E-state index contributed by atoms with van der Waals surface area (Å²) < 4.78 is 18.5. The fraction of sp³-hybridized carbons (Fsp3) is 0.684. The Bertz CT molecular complexity index is 811. The zero-order chi connectivity index (χ0) is 21.9. The topological polar surface area (TPSA) is 123 Å². The van der Waals surface area contributed by atoms with Gasteiger partial charge in [-0.25, -0.2) is 4.79 Å². The van der Waals surface area contributed by atoms with Gasteiger partial charge in [0.15, 0.2) is 5.60 Å². The van der Waals surface area contributed by atoms with E-state index in [1.807, 2.05) is 0 Å². The Morgan fingerprint density at radius 3 is 2.45 bits per heavy atom. The molecule has 10 heteroatoms. The lowest BCUT2D eigenvalue weighted by molar-refractivity contribution is -0.177. The largest absolute Gasteiger partial charge is 0.462 e. The van der Waals surface area contributed by atoms with E-state index in [1.54, 1.807) is 34.6 Å². The van der Waals surface area contributed by atoms with Crippen LogP contribution in [0.1, 0.15) is 40.8 Å². The van der Waals surface area contributed by atoms with Crippen molar-refractivity contribution in [1.82, 2.24) is 9.55 Å². The van der Waals surface area contributed by atoms with E-state index < -0.39 is 41.5 Å². The molecule has 4 atom stereocenters. The van der Waals surface area contributed by atoms with E-state index in [2.05, 4.69) is 4.98 Å². The number of aromatic nitrogens is 2. The van der Waals surface area contributed by atoms with Crippen LogP contribution in [-0.4, -0.2) is 45.7 Å². The van der Waals surface area contributed by atoms with Crippen molar-refractivity contribution in [1.29, 1.82) is 0 Å². The van der Waals surface area contributed by atoms with Crippen LogP contribution in [0.2, 0.25) is 0 Å². The number of anilines is 1. The molecule has 1 aliphatic rings. The van der Waals surface area contributed by atoms with Gasteiger partial charge in [-0.2, -0.15) is 4.98 Å². The second-order valence-electron chi connectivity index (χ2n) is 7.88. The SMILES string of the molecule is CC(C)C(=O)OC[C@@]1(CCl)O[C@@H](n2ccc(N)nc2=O)C(C)[C@@H]1OC(=O)C(C)C. The van der Waals surface area contributed by atoms with Gasteiger partial charge < -0.3 is 19.9 Å². The molecule has 1 aromatic heterocycles. The number of hydrogen-bond donors (Lipinski definition) is 1. The highest BCUT2D eigenvalue weighted by Crippen LogP contribution is 2.44. The van der Waals surface area contributed by atoms with Gasteiger partial charge in [0, 0.05) is 12.1 Å². The van der Waals surface area contributed by atoms with Gasteiger partial charge in [0.2, 0.25) is 0 Å². The summed E-state index contributed by atoms with van der Waals surface area (Å²) in [5.41, 5.74) is 3.63. The summed E-state index contributed by atoms with van der Waals surface area (Å²) in [7, 11) is 0. The van der Waals surface area contributed by atoms with Crippen LogP contribution in [0, 0.1) is 17.8 Å². The first-order chi connectivity index (χ1) is 13.5. The number of carbonyl (C=O) groups is 2. The molecule has 9 nitrogen and oxygen atoms in total. The number of carbonyl (C=O) groups excluding carboxylic acids is 2. The van der Waals surface area contributed by atoms with Crippen LogP contribution in [0.15, 0.2) is 17.1 Å². The van der Waals surface area contributed by atoms with Crippen molar-refractivity contribution in [2.45, 2.75) is 52.6 Å². The lowest BCUT2D eigenvalue weighted by Crippen LogP contribution is -2.50. The number of ether oxygens (including phenoxy) is 3. The van der Waals surface area contributed by atoms with Crippen LogP contribution < -0.4 is 11.4 Å². The standard InChI is InChI=1S/C19H28ClN3O6/c1-10(2)16(24)27-9-19(8-20)14(28-17(25)11(3)4)12(5)15(29-19)23-7-6-13(21)22-18(23)26/h6-7,10-12,14-15H,8-9H2,1-5H3,(H2,21,22,26)/t12?,14-,15+,19+/m0/s1. The molecule has 162 valence electrons. The average Bonchev–Trinajstić information content (AvgIpc) is 2.92. The predicted octanol–water partition coefficient (Wildman–Crippen LogP) is 1.73. The molecule has 0 spiro atoms. The summed E-state index contributed by atoms with van der Waals surface area (Å²) in [5.74, 6) is -2.13. The second-order valence-corrected chi connectivity index (χ2v) is 8.15. The number of hydrogen-bond acceptors (Lipinski definition) is 8. The minimum atomic E-state index is -1.32. The maximum Gasteiger partial charge on any atom is 0.351 e. The Balaban J connectivity index is 2.42. The minimum Gasteiger partial charge on any atom is -0.462 e. The van der Waals surface area contributed by atoms with Crippen LogP contribution in [0.25, 0.3) is 0 Å². The fourth-order valence-corrected chi connectivity index (χ4v) is 3.36. The van der Waals surface area contributed by atoms with Crippen LogP contribution >= 0.6 is 11.6 Å². The minimum absolute atomic E-state index is 0.0779. The molecule has 0 saturated carbocycles. The molecule has 0 aromatic carbocycles. The number of alkyl halides is 1. The molecule has 0 aliphatic carbocycles. The first-order valence-electron chi connectivity index (χ1n) is 9.48. The van der Waals surface area contributed by atoms with Gasteiger partial charge in [-0.1, -0.05) is 34.6 Å². The van der Waals surface area contributed by atoms with Crippen LogP contribution in [0.5, 0.6) is 0 Å². The number of halogens is 1.